The van der Waals surface area contributed by atoms with Gasteiger partial charge in [-0.05, 0) is 20.8 Å². The van der Waals surface area contributed by atoms with Crippen LogP contribution in [-0.4, -0.2) is 28.3 Å². The van der Waals surface area contributed by atoms with E-state index in [1.54, 1.807) is 6.92 Å². The molecule has 0 radical (unpaired) electrons. The molecule has 0 aliphatic heterocycles. The summed E-state index contributed by atoms with van der Waals surface area (Å²) in [6.07, 6.45) is -6.64. The zero-order valence-corrected chi connectivity index (χ0v) is 10.00. The average molecular weight is 263 g/mol. The predicted octanol–water partition coefficient (Wildman–Crippen LogP) is 2.73. The summed E-state index contributed by atoms with van der Waals surface area (Å²) in [4.78, 5) is 14.9. The molecule has 1 N–H and O–H groups in total. The Kier molecular flexibility index (Phi) is 3.83. The Bertz CT molecular complexity index is 471. The van der Waals surface area contributed by atoms with Crippen molar-refractivity contribution in [2.45, 2.75) is 33.1 Å². The predicted molar refractivity (Wildman–Crippen MR) is 56.8 cm³/mol. The van der Waals surface area contributed by atoms with Gasteiger partial charge in [0.05, 0.1) is 5.69 Å². The number of aromatic nitrogens is 1. The zero-order chi connectivity index (χ0) is 14.1. The van der Waals surface area contributed by atoms with Crippen LogP contribution in [0, 0.1) is 13.8 Å². The number of carboxylic acids is 1. The summed E-state index contributed by atoms with van der Waals surface area (Å²) in [6.45, 7) is 3.77. The molecule has 0 aromatic carbocycles. The summed E-state index contributed by atoms with van der Waals surface area (Å²) in [5.74, 6) is -1.69. The Hall–Kier alpha value is -1.79. The lowest BCUT2D eigenvalue weighted by Crippen LogP contribution is -2.31. The Morgan fingerprint density at radius 3 is 2.44 bits per heavy atom. The highest BCUT2D eigenvalue weighted by Gasteiger charge is 2.38. The molecule has 1 aromatic rings. The molecule has 0 saturated heterocycles. The number of hydrogen-bond donors (Lipinski definition) is 1. The third-order valence-electron chi connectivity index (χ3n) is 2.27. The number of ether oxygens (including phenoxy) is 1. The van der Waals surface area contributed by atoms with E-state index < -0.39 is 18.2 Å². The van der Waals surface area contributed by atoms with Crippen LogP contribution in [0.25, 0.3) is 0 Å². The lowest BCUT2D eigenvalue weighted by Gasteiger charge is -2.19. The number of halogens is 3. The van der Waals surface area contributed by atoms with Crippen LogP contribution in [-0.2, 0) is 0 Å². The van der Waals surface area contributed by atoms with Gasteiger partial charge >= 0.3 is 12.1 Å². The minimum absolute atomic E-state index is 0.117. The van der Waals surface area contributed by atoms with E-state index in [1.165, 1.54) is 13.0 Å². The van der Waals surface area contributed by atoms with Crippen molar-refractivity contribution in [1.29, 1.82) is 0 Å². The minimum atomic E-state index is -4.55. The number of carboxylic acid groups (broad SMARTS) is 1. The molecule has 0 aliphatic rings. The number of aromatic carboxylic acids is 1. The average Bonchev–Trinajstić information content (AvgIpc) is 2.13. The molecule has 1 aromatic heterocycles. The second-order valence-electron chi connectivity index (χ2n) is 3.83. The van der Waals surface area contributed by atoms with Crippen LogP contribution < -0.4 is 4.74 Å². The van der Waals surface area contributed by atoms with Crippen molar-refractivity contribution in [3.05, 3.63) is 23.0 Å². The molecule has 0 fully saturated rings. The quantitative estimate of drug-likeness (QED) is 0.910. The summed E-state index contributed by atoms with van der Waals surface area (Å²) < 4.78 is 41.8. The first kappa shape index (κ1) is 14.3. The van der Waals surface area contributed by atoms with Crippen molar-refractivity contribution >= 4 is 5.97 Å². The SMILES string of the molecule is Cc1cc(OC(C)C(F)(F)F)c(C(=O)O)c(C)n1. The van der Waals surface area contributed by atoms with Gasteiger partial charge in [0.2, 0.25) is 0 Å². The van der Waals surface area contributed by atoms with Crippen LogP contribution in [0.1, 0.15) is 28.7 Å². The zero-order valence-electron chi connectivity index (χ0n) is 10.00. The van der Waals surface area contributed by atoms with Crippen LogP contribution in [0.15, 0.2) is 6.07 Å². The third-order valence-corrected chi connectivity index (χ3v) is 2.27. The summed E-state index contributed by atoms with van der Waals surface area (Å²) >= 11 is 0. The molecule has 0 bridgehead atoms. The molecule has 7 heteroatoms. The molecule has 1 unspecified atom stereocenters. The van der Waals surface area contributed by atoms with E-state index >= 15 is 0 Å². The standard InChI is InChI=1S/C11H12F3NO3/c1-5-4-8(18-7(3)11(12,13)14)9(10(16)17)6(2)15-5/h4,7H,1-3H3,(H,16,17). The molecule has 100 valence electrons. The van der Waals surface area contributed by atoms with E-state index in [0.717, 1.165) is 6.92 Å². The van der Waals surface area contributed by atoms with Gasteiger partial charge in [-0.15, -0.1) is 0 Å². The van der Waals surface area contributed by atoms with Gasteiger partial charge in [0, 0.05) is 11.8 Å². The number of alkyl halides is 3. The van der Waals surface area contributed by atoms with Crippen molar-refractivity contribution in [3.8, 4) is 5.75 Å². The van der Waals surface area contributed by atoms with Gasteiger partial charge in [0.15, 0.2) is 6.10 Å². The fourth-order valence-corrected chi connectivity index (χ4v) is 1.40. The van der Waals surface area contributed by atoms with Gasteiger partial charge < -0.3 is 9.84 Å². The fraction of sp³-hybridized carbons (Fsp3) is 0.455. The third kappa shape index (κ3) is 3.12. The van der Waals surface area contributed by atoms with Crippen LogP contribution in [0.3, 0.4) is 0 Å². The molecule has 0 aliphatic carbocycles. The normalized spacial score (nSPS) is 13.2. The molecular weight excluding hydrogens is 251 g/mol. The smallest absolute Gasteiger partial charge is 0.425 e. The van der Waals surface area contributed by atoms with Crippen molar-refractivity contribution in [3.63, 3.8) is 0 Å². The maximum atomic E-state index is 12.4. The number of pyridine rings is 1. The monoisotopic (exact) mass is 263 g/mol. The largest absolute Gasteiger partial charge is 0.480 e. The van der Waals surface area contributed by atoms with Gasteiger partial charge in [0.25, 0.3) is 0 Å². The highest BCUT2D eigenvalue weighted by atomic mass is 19.4. The second-order valence-corrected chi connectivity index (χ2v) is 3.83. The molecule has 1 atom stereocenters. The first-order valence-electron chi connectivity index (χ1n) is 5.08. The van der Waals surface area contributed by atoms with Crippen molar-refractivity contribution in [2.75, 3.05) is 0 Å². The van der Waals surface area contributed by atoms with E-state index in [2.05, 4.69) is 9.72 Å². The highest BCUT2D eigenvalue weighted by Crippen LogP contribution is 2.28. The van der Waals surface area contributed by atoms with E-state index in [4.69, 9.17) is 5.11 Å². The number of hydrogen-bond acceptors (Lipinski definition) is 3. The van der Waals surface area contributed by atoms with Crippen LogP contribution in [0.4, 0.5) is 13.2 Å². The molecule has 0 amide bonds. The summed E-state index contributed by atoms with van der Waals surface area (Å²) in [5.41, 5.74) is 0.158. The lowest BCUT2D eigenvalue weighted by molar-refractivity contribution is -0.189. The lowest BCUT2D eigenvalue weighted by atomic mass is 10.1. The fourth-order valence-electron chi connectivity index (χ4n) is 1.40. The summed E-state index contributed by atoms with van der Waals surface area (Å²) in [7, 11) is 0. The molecule has 1 heterocycles. The van der Waals surface area contributed by atoms with E-state index in [-0.39, 0.29) is 17.0 Å². The van der Waals surface area contributed by atoms with Gasteiger partial charge in [-0.2, -0.15) is 13.2 Å². The molecule has 1 rings (SSSR count). The number of rotatable bonds is 3. The Labute approximate surface area is 101 Å². The number of carbonyl (C=O) groups is 1. The molecule has 0 saturated carbocycles. The minimum Gasteiger partial charge on any atom is -0.480 e. The van der Waals surface area contributed by atoms with Crippen molar-refractivity contribution in [2.24, 2.45) is 0 Å². The van der Waals surface area contributed by atoms with Gasteiger partial charge in [-0.1, -0.05) is 0 Å². The highest BCUT2D eigenvalue weighted by molar-refractivity contribution is 5.92. The van der Waals surface area contributed by atoms with Gasteiger partial charge in [-0.3, -0.25) is 4.98 Å². The Morgan fingerprint density at radius 1 is 1.44 bits per heavy atom. The Morgan fingerprint density at radius 2 is 2.00 bits per heavy atom. The number of aryl methyl sites for hydroxylation is 2. The van der Waals surface area contributed by atoms with E-state index in [1.807, 2.05) is 0 Å². The van der Waals surface area contributed by atoms with E-state index in [0.29, 0.717) is 5.69 Å². The summed E-state index contributed by atoms with van der Waals surface area (Å²) in [6, 6.07) is 1.18. The maximum Gasteiger partial charge on any atom is 0.425 e. The van der Waals surface area contributed by atoms with Crippen LogP contribution in [0.2, 0.25) is 0 Å². The van der Waals surface area contributed by atoms with Gasteiger partial charge in [0.1, 0.15) is 11.3 Å². The van der Waals surface area contributed by atoms with Crippen LogP contribution in [0.5, 0.6) is 5.75 Å². The maximum absolute atomic E-state index is 12.4. The van der Waals surface area contributed by atoms with Crippen molar-refractivity contribution in [1.82, 2.24) is 4.98 Å². The summed E-state index contributed by atoms with van der Waals surface area (Å²) in [5, 5.41) is 8.95. The Balaban J connectivity index is 3.19. The first-order chi connectivity index (χ1) is 8.12. The molecule has 4 nitrogen and oxygen atoms in total. The molecular formula is C11H12F3NO3. The molecule has 0 spiro atoms. The van der Waals surface area contributed by atoms with Crippen molar-refractivity contribution < 1.29 is 27.8 Å². The molecule has 18 heavy (non-hydrogen) atoms. The number of nitrogens with zero attached hydrogens (tertiary/aromatic N) is 1. The second kappa shape index (κ2) is 4.83. The van der Waals surface area contributed by atoms with Crippen LogP contribution >= 0.6 is 0 Å². The first-order valence-corrected chi connectivity index (χ1v) is 5.08. The van der Waals surface area contributed by atoms with Gasteiger partial charge in [-0.25, -0.2) is 4.79 Å². The van der Waals surface area contributed by atoms with E-state index in [9.17, 15) is 18.0 Å². The topological polar surface area (TPSA) is 59.4 Å².